The largest absolute Gasteiger partial charge is 0.362 e. The third kappa shape index (κ3) is 3.01. The maximum Gasteiger partial charge on any atom is 0.149 e. The van der Waals surface area contributed by atoms with Gasteiger partial charge < -0.3 is 11.1 Å². The molecule has 0 aliphatic heterocycles. The lowest BCUT2D eigenvalue weighted by Crippen LogP contribution is -2.08. The van der Waals surface area contributed by atoms with Crippen molar-refractivity contribution in [2.24, 2.45) is 5.73 Å². The van der Waals surface area contributed by atoms with Crippen molar-refractivity contribution in [2.45, 2.75) is 19.5 Å². The van der Waals surface area contributed by atoms with E-state index in [1.165, 1.54) is 5.56 Å². The summed E-state index contributed by atoms with van der Waals surface area (Å²) >= 11 is 0. The Morgan fingerprint density at radius 1 is 1.24 bits per heavy atom. The fourth-order valence-electron chi connectivity index (χ4n) is 1.63. The zero-order valence-corrected chi connectivity index (χ0v) is 9.80. The Bertz CT molecular complexity index is 453. The van der Waals surface area contributed by atoms with Crippen molar-refractivity contribution in [3.05, 3.63) is 53.7 Å². The molecule has 1 aromatic heterocycles. The van der Waals surface area contributed by atoms with Gasteiger partial charge in [-0.1, -0.05) is 24.3 Å². The standard InChI is InChI=1S/C13H16N4/c1-10(16-13-3-2-8-15-17-13)12-6-4-11(9-14)5-7-12/h2-8,10H,9,14H2,1H3,(H,16,17). The lowest BCUT2D eigenvalue weighted by molar-refractivity contribution is 0.859. The molecule has 0 aliphatic carbocycles. The third-order valence-electron chi connectivity index (χ3n) is 2.65. The SMILES string of the molecule is CC(Nc1cccnn1)c1ccc(CN)cc1. The van der Waals surface area contributed by atoms with Crippen molar-refractivity contribution in [1.82, 2.24) is 10.2 Å². The van der Waals surface area contributed by atoms with Gasteiger partial charge in [-0.2, -0.15) is 5.10 Å². The molecule has 1 aromatic carbocycles. The molecule has 4 nitrogen and oxygen atoms in total. The van der Waals surface area contributed by atoms with Gasteiger partial charge in [-0.05, 0) is 30.2 Å². The number of anilines is 1. The van der Waals surface area contributed by atoms with Gasteiger partial charge in [0.05, 0.1) is 0 Å². The second kappa shape index (κ2) is 5.41. The molecule has 17 heavy (non-hydrogen) atoms. The topological polar surface area (TPSA) is 63.8 Å². The van der Waals surface area contributed by atoms with Gasteiger partial charge in [-0.15, -0.1) is 5.10 Å². The quantitative estimate of drug-likeness (QED) is 0.841. The van der Waals surface area contributed by atoms with Gasteiger partial charge in [0.25, 0.3) is 0 Å². The first-order valence-corrected chi connectivity index (χ1v) is 5.63. The van der Waals surface area contributed by atoms with E-state index < -0.39 is 0 Å². The minimum atomic E-state index is 0.193. The number of rotatable bonds is 4. The molecule has 1 unspecified atom stereocenters. The highest BCUT2D eigenvalue weighted by Crippen LogP contribution is 2.17. The Morgan fingerprint density at radius 2 is 2.00 bits per heavy atom. The van der Waals surface area contributed by atoms with Crippen molar-refractivity contribution in [3.63, 3.8) is 0 Å². The predicted molar refractivity (Wildman–Crippen MR) is 68.4 cm³/mol. The summed E-state index contributed by atoms with van der Waals surface area (Å²) in [5.41, 5.74) is 7.91. The zero-order chi connectivity index (χ0) is 12.1. The summed E-state index contributed by atoms with van der Waals surface area (Å²) in [6.45, 7) is 2.67. The highest BCUT2D eigenvalue weighted by Gasteiger charge is 2.05. The normalized spacial score (nSPS) is 12.1. The molecule has 1 heterocycles. The Morgan fingerprint density at radius 3 is 2.59 bits per heavy atom. The predicted octanol–water partition coefficient (Wildman–Crippen LogP) is 2.11. The average Bonchev–Trinajstić information content (AvgIpc) is 2.40. The maximum atomic E-state index is 5.57. The molecule has 2 aromatic rings. The number of nitrogens with two attached hydrogens (primary N) is 1. The van der Waals surface area contributed by atoms with Gasteiger partial charge in [-0.25, -0.2) is 0 Å². The van der Waals surface area contributed by atoms with Crippen LogP contribution in [0, 0.1) is 0 Å². The summed E-state index contributed by atoms with van der Waals surface area (Å²) in [7, 11) is 0. The Balaban J connectivity index is 2.06. The molecule has 0 radical (unpaired) electrons. The van der Waals surface area contributed by atoms with E-state index >= 15 is 0 Å². The van der Waals surface area contributed by atoms with Gasteiger partial charge in [0.15, 0.2) is 0 Å². The summed E-state index contributed by atoms with van der Waals surface area (Å²) in [4.78, 5) is 0. The number of benzene rings is 1. The van der Waals surface area contributed by atoms with Crippen molar-refractivity contribution in [1.29, 1.82) is 0 Å². The summed E-state index contributed by atoms with van der Waals surface area (Å²) in [5, 5.41) is 11.1. The summed E-state index contributed by atoms with van der Waals surface area (Å²) in [5.74, 6) is 0.780. The fourth-order valence-corrected chi connectivity index (χ4v) is 1.63. The molecular weight excluding hydrogens is 212 g/mol. The van der Waals surface area contributed by atoms with Gasteiger partial charge in [-0.3, -0.25) is 0 Å². The van der Waals surface area contributed by atoms with Crippen LogP contribution >= 0.6 is 0 Å². The highest BCUT2D eigenvalue weighted by molar-refractivity contribution is 5.36. The molecule has 0 saturated carbocycles. The van der Waals surface area contributed by atoms with Crippen molar-refractivity contribution >= 4 is 5.82 Å². The molecule has 4 heteroatoms. The van der Waals surface area contributed by atoms with Gasteiger partial charge in [0, 0.05) is 18.8 Å². The number of hydrogen-bond donors (Lipinski definition) is 2. The number of nitrogens with one attached hydrogen (secondary N) is 1. The maximum absolute atomic E-state index is 5.57. The first-order chi connectivity index (χ1) is 8.29. The average molecular weight is 228 g/mol. The monoisotopic (exact) mass is 228 g/mol. The molecule has 1 atom stereocenters. The molecule has 0 spiro atoms. The van der Waals surface area contributed by atoms with Crippen LogP contribution in [0.25, 0.3) is 0 Å². The van der Waals surface area contributed by atoms with E-state index in [0.29, 0.717) is 6.54 Å². The minimum Gasteiger partial charge on any atom is -0.362 e. The van der Waals surface area contributed by atoms with E-state index in [1.807, 2.05) is 24.3 Å². The molecule has 3 N–H and O–H groups in total. The summed E-state index contributed by atoms with van der Waals surface area (Å²) in [6.07, 6.45) is 1.66. The Hall–Kier alpha value is -1.94. The second-order valence-corrected chi connectivity index (χ2v) is 3.92. The van der Waals surface area contributed by atoms with Gasteiger partial charge in [0.2, 0.25) is 0 Å². The van der Waals surface area contributed by atoms with Crippen molar-refractivity contribution in [2.75, 3.05) is 5.32 Å². The van der Waals surface area contributed by atoms with Crippen LogP contribution in [-0.4, -0.2) is 10.2 Å². The van der Waals surface area contributed by atoms with Gasteiger partial charge in [0.1, 0.15) is 5.82 Å². The van der Waals surface area contributed by atoms with Crippen molar-refractivity contribution in [3.8, 4) is 0 Å². The zero-order valence-electron chi connectivity index (χ0n) is 9.80. The van der Waals surface area contributed by atoms with Crippen molar-refractivity contribution < 1.29 is 0 Å². The Labute approximate surface area is 101 Å². The van der Waals surface area contributed by atoms with Crippen LogP contribution in [0.15, 0.2) is 42.6 Å². The lowest BCUT2D eigenvalue weighted by atomic mass is 10.1. The summed E-state index contributed by atoms with van der Waals surface area (Å²) < 4.78 is 0. The van der Waals surface area contributed by atoms with Crippen LogP contribution in [0.1, 0.15) is 24.1 Å². The van der Waals surface area contributed by atoms with Crippen LogP contribution in [0.3, 0.4) is 0 Å². The second-order valence-electron chi connectivity index (χ2n) is 3.92. The molecule has 0 amide bonds. The highest BCUT2D eigenvalue weighted by atomic mass is 15.2. The number of nitrogens with zero attached hydrogens (tertiary/aromatic N) is 2. The van der Waals surface area contributed by atoms with Crippen LogP contribution in [0.4, 0.5) is 5.82 Å². The van der Waals surface area contributed by atoms with E-state index in [2.05, 4.69) is 34.6 Å². The molecular formula is C13H16N4. The number of aromatic nitrogens is 2. The first kappa shape index (κ1) is 11.5. The molecule has 2 rings (SSSR count). The van der Waals surface area contributed by atoms with Gasteiger partial charge >= 0.3 is 0 Å². The Kier molecular flexibility index (Phi) is 3.67. The van der Waals surface area contributed by atoms with E-state index in [0.717, 1.165) is 11.4 Å². The number of hydrogen-bond acceptors (Lipinski definition) is 4. The van der Waals surface area contributed by atoms with Crippen LogP contribution in [0.5, 0.6) is 0 Å². The molecule has 88 valence electrons. The summed E-state index contributed by atoms with van der Waals surface area (Å²) in [6, 6.07) is 12.2. The fraction of sp³-hybridized carbons (Fsp3) is 0.231. The molecule has 0 bridgehead atoms. The molecule has 0 aliphatic rings. The van der Waals surface area contributed by atoms with E-state index in [9.17, 15) is 0 Å². The third-order valence-corrected chi connectivity index (χ3v) is 2.65. The minimum absolute atomic E-state index is 0.193. The molecule has 0 saturated heterocycles. The first-order valence-electron chi connectivity index (χ1n) is 5.63. The van der Waals surface area contributed by atoms with Crippen LogP contribution < -0.4 is 11.1 Å². The van der Waals surface area contributed by atoms with E-state index in [-0.39, 0.29) is 6.04 Å². The van der Waals surface area contributed by atoms with Crippen LogP contribution in [0.2, 0.25) is 0 Å². The van der Waals surface area contributed by atoms with Crippen LogP contribution in [-0.2, 0) is 6.54 Å². The van der Waals surface area contributed by atoms with E-state index in [1.54, 1.807) is 6.20 Å². The van der Waals surface area contributed by atoms with E-state index in [4.69, 9.17) is 5.73 Å². The lowest BCUT2D eigenvalue weighted by Gasteiger charge is -2.14. The molecule has 0 fully saturated rings. The smallest absolute Gasteiger partial charge is 0.149 e.